The minimum absolute atomic E-state index is 0.182. The van der Waals surface area contributed by atoms with Crippen LogP contribution < -0.4 is 10.1 Å². The monoisotopic (exact) mass is 313 g/mol. The molecular weight excluding hydrogens is 299 g/mol. The number of benzene rings is 1. The van der Waals surface area contributed by atoms with E-state index < -0.39 is 6.36 Å². The molecule has 0 radical (unpaired) electrons. The Kier molecular flexibility index (Phi) is 3.08. The highest BCUT2D eigenvalue weighted by atomic mass is 19.4. The Bertz CT molecular complexity index is 668. The van der Waals surface area contributed by atoms with E-state index in [9.17, 15) is 18.0 Å². The average Bonchev–Trinajstić information content (AvgIpc) is 2.37. The fourth-order valence-electron chi connectivity index (χ4n) is 2.52. The summed E-state index contributed by atoms with van der Waals surface area (Å²) in [6.07, 6.45) is -4.76. The molecule has 0 atom stereocenters. The van der Waals surface area contributed by atoms with Gasteiger partial charge in [-0.3, -0.25) is 9.89 Å². The highest BCUT2D eigenvalue weighted by molar-refractivity contribution is 6.18. The van der Waals surface area contributed by atoms with Crippen LogP contribution in [0, 0.1) is 5.41 Å². The van der Waals surface area contributed by atoms with Gasteiger partial charge in [0.1, 0.15) is 11.6 Å². The molecule has 0 fully saturated rings. The third-order valence-electron chi connectivity index (χ3n) is 3.45. The Labute approximate surface area is 124 Å². The Balaban J connectivity index is 2.02. The van der Waals surface area contributed by atoms with Crippen LogP contribution in [-0.2, 0) is 0 Å². The lowest BCUT2D eigenvalue weighted by atomic mass is 9.90. The van der Waals surface area contributed by atoms with Crippen LogP contribution in [0.2, 0.25) is 0 Å². The van der Waals surface area contributed by atoms with Gasteiger partial charge in [-0.25, -0.2) is 4.79 Å². The predicted molar refractivity (Wildman–Crippen MR) is 74.0 cm³/mol. The first-order chi connectivity index (χ1) is 10.1. The van der Waals surface area contributed by atoms with Gasteiger partial charge in [0.15, 0.2) is 0 Å². The van der Waals surface area contributed by atoms with E-state index >= 15 is 0 Å². The molecule has 2 amide bonds. The summed E-state index contributed by atoms with van der Waals surface area (Å²) < 4.78 is 40.9. The molecule has 0 saturated carbocycles. The second kappa shape index (κ2) is 4.62. The van der Waals surface area contributed by atoms with Gasteiger partial charge in [-0.2, -0.15) is 0 Å². The van der Waals surface area contributed by atoms with Gasteiger partial charge in [-0.05, 0) is 18.2 Å². The van der Waals surface area contributed by atoms with Crippen molar-refractivity contribution in [3.05, 3.63) is 23.8 Å². The lowest BCUT2D eigenvalue weighted by Gasteiger charge is -2.39. The number of fused-ring (bicyclic) bond motifs is 3. The summed E-state index contributed by atoms with van der Waals surface area (Å²) in [5.74, 6) is 0.0422. The van der Waals surface area contributed by atoms with Crippen LogP contribution in [0.3, 0.4) is 0 Å². The van der Waals surface area contributed by atoms with Crippen LogP contribution in [0.1, 0.15) is 19.4 Å². The van der Waals surface area contributed by atoms with Gasteiger partial charge in [-0.15, -0.1) is 13.2 Å². The molecule has 0 aliphatic carbocycles. The van der Waals surface area contributed by atoms with Crippen molar-refractivity contribution in [3.63, 3.8) is 0 Å². The third-order valence-corrected chi connectivity index (χ3v) is 3.45. The highest BCUT2D eigenvalue weighted by Gasteiger charge is 2.38. The van der Waals surface area contributed by atoms with Gasteiger partial charge < -0.3 is 10.1 Å². The summed E-state index contributed by atoms with van der Waals surface area (Å²) in [6, 6.07) is 3.46. The first-order valence-corrected chi connectivity index (χ1v) is 6.68. The van der Waals surface area contributed by atoms with Crippen molar-refractivity contribution >= 4 is 17.6 Å². The van der Waals surface area contributed by atoms with Crippen molar-refractivity contribution < 1.29 is 22.7 Å². The molecule has 2 aliphatic rings. The van der Waals surface area contributed by atoms with Crippen molar-refractivity contribution in [1.29, 1.82) is 0 Å². The van der Waals surface area contributed by atoms with E-state index in [1.807, 2.05) is 13.8 Å². The van der Waals surface area contributed by atoms with Crippen LogP contribution in [0.5, 0.6) is 5.75 Å². The number of anilines is 1. The quantitative estimate of drug-likeness (QED) is 0.865. The molecule has 0 saturated heterocycles. The topological polar surface area (TPSA) is 53.9 Å². The second-order valence-corrected chi connectivity index (χ2v) is 6.08. The number of halogens is 3. The number of carbonyl (C=O) groups is 1. The number of urea groups is 1. The molecule has 0 unspecified atom stereocenters. The predicted octanol–water partition coefficient (Wildman–Crippen LogP) is 3.22. The number of carbonyl (C=O) groups excluding carboxylic acids is 1. The van der Waals surface area contributed by atoms with E-state index in [1.54, 1.807) is 0 Å². The molecular formula is C14H14F3N3O2. The molecule has 22 heavy (non-hydrogen) atoms. The molecule has 1 N–H and O–H groups in total. The van der Waals surface area contributed by atoms with E-state index in [1.165, 1.54) is 17.0 Å². The van der Waals surface area contributed by atoms with Gasteiger partial charge in [0.05, 0.1) is 5.69 Å². The summed E-state index contributed by atoms with van der Waals surface area (Å²) in [7, 11) is 0. The third kappa shape index (κ3) is 2.72. The first-order valence-electron chi connectivity index (χ1n) is 6.68. The number of nitrogens with one attached hydrogen (secondary N) is 1. The van der Waals surface area contributed by atoms with E-state index in [0.717, 1.165) is 6.07 Å². The van der Waals surface area contributed by atoms with Gasteiger partial charge in [0.25, 0.3) is 0 Å². The van der Waals surface area contributed by atoms with Crippen molar-refractivity contribution in [2.45, 2.75) is 20.2 Å². The largest absolute Gasteiger partial charge is 0.573 e. The van der Waals surface area contributed by atoms with Gasteiger partial charge in [-0.1, -0.05) is 13.8 Å². The molecule has 0 spiro atoms. The number of aliphatic imine (C=N–C) groups is 1. The lowest BCUT2D eigenvalue weighted by Crippen LogP contribution is -2.52. The molecule has 8 heteroatoms. The second-order valence-electron chi connectivity index (χ2n) is 6.08. The SMILES string of the molecule is CC1(C)CN=C2c3cc(OC(F)(F)F)ccc3NC(=O)N2C1. The standard InChI is InChI=1S/C14H14F3N3O2/c1-13(2)6-18-11-9-5-8(22-14(15,16)17)3-4-10(9)19-12(21)20(11)7-13/h3-5H,6-7H2,1-2H3,(H,19,21). The summed E-state index contributed by atoms with van der Waals surface area (Å²) in [5, 5.41) is 2.66. The zero-order valence-corrected chi connectivity index (χ0v) is 12.0. The number of amides is 2. The van der Waals surface area contributed by atoms with E-state index in [4.69, 9.17) is 0 Å². The molecule has 2 aliphatic heterocycles. The minimum atomic E-state index is -4.76. The summed E-state index contributed by atoms with van der Waals surface area (Å²) in [5.41, 5.74) is 0.671. The number of ether oxygens (including phenoxy) is 1. The fraction of sp³-hybridized carbons (Fsp3) is 0.429. The number of hydrogen-bond donors (Lipinski definition) is 1. The van der Waals surface area contributed by atoms with Crippen molar-refractivity contribution in [3.8, 4) is 5.75 Å². The molecule has 2 heterocycles. The maximum Gasteiger partial charge on any atom is 0.573 e. The van der Waals surface area contributed by atoms with Crippen LogP contribution in [0.25, 0.3) is 0 Å². The van der Waals surface area contributed by atoms with Crippen molar-refractivity contribution in [1.82, 2.24) is 4.90 Å². The molecule has 3 rings (SSSR count). The molecule has 5 nitrogen and oxygen atoms in total. The minimum Gasteiger partial charge on any atom is -0.406 e. The number of hydrogen-bond acceptors (Lipinski definition) is 3. The van der Waals surface area contributed by atoms with E-state index in [2.05, 4.69) is 15.0 Å². The summed E-state index contributed by atoms with van der Waals surface area (Å²) in [4.78, 5) is 17.9. The number of alkyl halides is 3. The Morgan fingerprint density at radius 2 is 2.09 bits per heavy atom. The van der Waals surface area contributed by atoms with E-state index in [0.29, 0.717) is 30.2 Å². The van der Waals surface area contributed by atoms with Crippen LogP contribution >= 0.6 is 0 Å². The number of rotatable bonds is 1. The summed E-state index contributed by atoms with van der Waals surface area (Å²) >= 11 is 0. The van der Waals surface area contributed by atoms with Gasteiger partial charge >= 0.3 is 12.4 Å². The number of amidine groups is 1. The van der Waals surface area contributed by atoms with Crippen molar-refractivity contribution in [2.24, 2.45) is 10.4 Å². The first kappa shape index (κ1) is 14.7. The number of nitrogens with zero attached hydrogens (tertiary/aromatic N) is 2. The Hall–Kier alpha value is -2.25. The lowest BCUT2D eigenvalue weighted by molar-refractivity contribution is -0.274. The average molecular weight is 313 g/mol. The van der Waals surface area contributed by atoms with Crippen LogP contribution in [-0.4, -0.2) is 36.2 Å². The van der Waals surface area contributed by atoms with E-state index in [-0.39, 0.29) is 17.2 Å². The van der Waals surface area contributed by atoms with Crippen molar-refractivity contribution in [2.75, 3.05) is 18.4 Å². The normalized spacial score (nSPS) is 19.8. The molecule has 1 aromatic rings. The van der Waals surface area contributed by atoms with Crippen LogP contribution in [0.4, 0.5) is 23.7 Å². The zero-order chi connectivity index (χ0) is 16.1. The summed E-state index contributed by atoms with van der Waals surface area (Å²) in [6.45, 7) is 4.88. The molecule has 0 aromatic heterocycles. The molecule has 118 valence electrons. The molecule has 0 bridgehead atoms. The Morgan fingerprint density at radius 1 is 1.36 bits per heavy atom. The maximum atomic E-state index is 12.3. The van der Waals surface area contributed by atoms with Crippen LogP contribution in [0.15, 0.2) is 23.2 Å². The smallest absolute Gasteiger partial charge is 0.406 e. The van der Waals surface area contributed by atoms with Gasteiger partial charge in [0, 0.05) is 24.1 Å². The molecule has 1 aromatic carbocycles. The Morgan fingerprint density at radius 3 is 2.77 bits per heavy atom. The maximum absolute atomic E-state index is 12.3. The fourth-order valence-corrected chi connectivity index (χ4v) is 2.52. The highest BCUT2D eigenvalue weighted by Crippen LogP contribution is 2.34. The zero-order valence-electron chi connectivity index (χ0n) is 12.0. The van der Waals surface area contributed by atoms with Gasteiger partial charge in [0.2, 0.25) is 0 Å².